The third kappa shape index (κ3) is 7.30. The van der Waals surface area contributed by atoms with E-state index in [0.29, 0.717) is 18.4 Å². The zero-order chi connectivity index (χ0) is 14.1. The fourth-order valence-electron chi connectivity index (χ4n) is 2.20. The third-order valence-corrected chi connectivity index (χ3v) is 3.70. The SMILES string of the molecule is CCCCC(C)C(C)C(CNC(C)=O)CC(=O)O. The van der Waals surface area contributed by atoms with Crippen molar-refractivity contribution in [1.29, 1.82) is 0 Å². The summed E-state index contributed by atoms with van der Waals surface area (Å²) in [5.41, 5.74) is 0. The molecule has 0 saturated heterocycles. The van der Waals surface area contributed by atoms with Crippen LogP contribution in [0.5, 0.6) is 0 Å². The standard InChI is InChI=1S/C14H27NO3/c1-5-6-7-10(2)11(3)13(8-14(17)18)9-15-12(4)16/h10-11,13H,5-9H2,1-4H3,(H,15,16)(H,17,18). The molecule has 0 fully saturated rings. The first-order valence-corrected chi connectivity index (χ1v) is 6.84. The summed E-state index contributed by atoms with van der Waals surface area (Å²) < 4.78 is 0. The van der Waals surface area contributed by atoms with Gasteiger partial charge in [0.1, 0.15) is 0 Å². The number of hydrogen-bond donors (Lipinski definition) is 2. The molecule has 3 atom stereocenters. The second kappa shape index (κ2) is 8.95. The molecule has 0 aliphatic carbocycles. The lowest BCUT2D eigenvalue weighted by atomic mass is 9.79. The Kier molecular flexibility index (Phi) is 8.42. The fourth-order valence-corrected chi connectivity index (χ4v) is 2.20. The first kappa shape index (κ1) is 16.9. The third-order valence-electron chi connectivity index (χ3n) is 3.70. The van der Waals surface area contributed by atoms with Crippen molar-refractivity contribution in [2.45, 2.75) is 53.4 Å². The molecule has 18 heavy (non-hydrogen) atoms. The minimum absolute atomic E-state index is 0.0123. The van der Waals surface area contributed by atoms with Crippen molar-refractivity contribution in [3.63, 3.8) is 0 Å². The molecule has 0 aromatic heterocycles. The lowest BCUT2D eigenvalue weighted by Crippen LogP contribution is -2.34. The van der Waals surface area contributed by atoms with Gasteiger partial charge in [-0.3, -0.25) is 9.59 Å². The number of carbonyl (C=O) groups excluding carboxylic acids is 1. The molecule has 0 saturated carbocycles. The van der Waals surface area contributed by atoms with Crippen molar-refractivity contribution >= 4 is 11.9 Å². The summed E-state index contributed by atoms with van der Waals surface area (Å²) in [4.78, 5) is 21.8. The molecule has 0 bridgehead atoms. The van der Waals surface area contributed by atoms with Crippen LogP contribution >= 0.6 is 0 Å². The van der Waals surface area contributed by atoms with Crippen molar-refractivity contribution in [2.24, 2.45) is 17.8 Å². The van der Waals surface area contributed by atoms with Crippen LogP contribution in [-0.2, 0) is 9.59 Å². The molecule has 0 aliphatic heterocycles. The highest BCUT2D eigenvalue weighted by atomic mass is 16.4. The van der Waals surface area contributed by atoms with Gasteiger partial charge in [-0.2, -0.15) is 0 Å². The van der Waals surface area contributed by atoms with Gasteiger partial charge in [0.15, 0.2) is 0 Å². The van der Waals surface area contributed by atoms with Gasteiger partial charge in [0.2, 0.25) is 5.91 Å². The second-order valence-electron chi connectivity index (χ2n) is 5.27. The number of rotatable bonds is 9. The van der Waals surface area contributed by atoms with E-state index >= 15 is 0 Å². The molecule has 4 nitrogen and oxygen atoms in total. The van der Waals surface area contributed by atoms with Gasteiger partial charge in [0, 0.05) is 13.5 Å². The minimum atomic E-state index is -0.792. The normalized spacial score (nSPS) is 15.8. The first-order chi connectivity index (χ1) is 8.38. The molecular formula is C14H27NO3. The van der Waals surface area contributed by atoms with E-state index in [4.69, 9.17) is 5.11 Å². The largest absolute Gasteiger partial charge is 0.481 e. The van der Waals surface area contributed by atoms with E-state index in [0.717, 1.165) is 12.8 Å². The lowest BCUT2D eigenvalue weighted by molar-refractivity contribution is -0.139. The molecule has 0 aromatic carbocycles. The van der Waals surface area contributed by atoms with E-state index < -0.39 is 5.97 Å². The number of amides is 1. The Labute approximate surface area is 110 Å². The van der Waals surface area contributed by atoms with Crippen molar-refractivity contribution in [3.05, 3.63) is 0 Å². The van der Waals surface area contributed by atoms with Gasteiger partial charge >= 0.3 is 5.97 Å². The van der Waals surface area contributed by atoms with Gasteiger partial charge < -0.3 is 10.4 Å². The van der Waals surface area contributed by atoms with Crippen LogP contribution in [0.3, 0.4) is 0 Å². The number of aliphatic carboxylic acids is 1. The molecule has 106 valence electrons. The number of carboxylic acid groups (broad SMARTS) is 1. The smallest absolute Gasteiger partial charge is 0.303 e. The highest BCUT2D eigenvalue weighted by molar-refractivity contribution is 5.73. The van der Waals surface area contributed by atoms with E-state index in [1.807, 2.05) is 0 Å². The summed E-state index contributed by atoms with van der Waals surface area (Å²) in [5.74, 6) is -0.0838. The van der Waals surface area contributed by atoms with E-state index in [-0.39, 0.29) is 18.2 Å². The predicted molar refractivity (Wildman–Crippen MR) is 72.3 cm³/mol. The van der Waals surface area contributed by atoms with Crippen molar-refractivity contribution in [1.82, 2.24) is 5.32 Å². The van der Waals surface area contributed by atoms with E-state index in [9.17, 15) is 9.59 Å². The summed E-state index contributed by atoms with van der Waals surface area (Å²) in [6, 6.07) is 0. The van der Waals surface area contributed by atoms with E-state index in [1.165, 1.54) is 13.3 Å². The maximum Gasteiger partial charge on any atom is 0.303 e. The molecule has 0 radical (unpaired) electrons. The number of unbranched alkanes of at least 4 members (excludes halogenated alkanes) is 1. The molecule has 0 aliphatic rings. The molecule has 0 aromatic rings. The fraction of sp³-hybridized carbons (Fsp3) is 0.857. The van der Waals surface area contributed by atoms with E-state index in [1.54, 1.807) is 0 Å². The van der Waals surface area contributed by atoms with Crippen LogP contribution in [0.2, 0.25) is 0 Å². The van der Waals surface area contributed by atoms with Gasteiger partial charge in [-0.1, -0.05) is 40.0 Å². The molecular weight excluding hydrogens is 230 g/mol. The molecule has 0 rings (SSSR count). The molecule has 4 heteroatoms. The van der Waals surface area contributed by atoms with Gasteiger partial charge in [0.05, 0.1) is 6.42 Å². The Balaban J connectivity index is 4.41. The van der Waals surface area contributed by atoms with Crippen LogP contribution in [0.25, 0.3) is 0 Å². The maximum absolute atomic E-state index is 10.9. The quantitative estimate of drug-likeness (QED) is 0.667. The van der Waals surface area contributed by atoms with Crippen LogP contribution in [-0.4, -0.2) is 23.5 Å². The number of hydrogen-bond acceptors (Lipinski definition) is 2. The van der Waals surface area contributed by atoms with Gasteiger partial charge in [-0.05, 0) is 17.8 Å². The molecule has 0 heterocycles. The average Bonchev–Trinajstić information content (AvgIpc) is 2.29. The maximum atomic E-state index is 10.9. The predicted octanol–water partition coefficient (Wildman–Crippen LogP) is 2.68. The van der Waals surface area contributed by atoms with Crippen molar-refractivity contribution < 1.29 is 14.7 Å². The van der Waals surface area contributed by atoms with Crippen LogP contribution in [0.15, 0.2) is 0 Å². The Bertz CT molecular complexity index is 266. The summed E-state index contributed by atoms with van der Waals surface area (Å²) in [7, 11) is 0. The Hall–Kier alpha value is -1.06. The lowest BCUT2D eigenvalue weighted by Gasteiger charge is -2.28. The first-order valence-electron chi connectivity index (χ1n) is 6.84. The van der Waals surface area contributed by atoms with Gasteiger partial charge in [-0.15, -0.1) is 0 Å². The van der Waals surface area contributed by atoms with Crippen molar-refractivity contribution in [2.75, 3.05) is 6.54 Å². The minimum Gasteiger partial charge on any atom is -0.481 e. The Morgan fingerprint density at radius 1 is 1.28 bits per heavy atom. The van der Waals surface area contributed by atoms with Crippen LogP contribution < -0.4 is 5.32 Å². The van der Waals surface area contributed by atoms with E-state index in [2.05, 4.69) is 26.1 Å². The topological polar surface area (TPSA) is 66.4 Å². The van der Waals surface area contributed by atoms with Gasteiger partial charge in [-0.25, -0.2) is 0 Å². The molecule has 3 unspecified atom stereocenters. The van der Waals surface area contributed by atoms with Crippen LogP contribution in [0, 0.1) is 17.8 Å². The van der Waals surface area contributed by atoms with Crippen molar-refractivity contribution in [3.8, 4) is 0 Å². The zero-order valence-corrected chi connectivity index (χ0v) is 12.0. The highest BCUT2D eigenvalue weighted by Crippen LogP contribution is 2.27. The summed E-state index contributed by atoms with van der Waals surface area (Å²) in [6.07, 6.45) is 3.57. The number of nitrogens with one attached hydrogen (secondary N) is 1. The summed E-state index contributed by atoms with van der Waals surface area (Å²) >= 11 is 0. The molecule has 0 spiro atoms. The van der Waals surface area contributed by atoms with Crippen LogP contribution in [0.4, 0.5) is 0 Å². The number of carbonyl (C=O) groups is 2. The molecule has 2 N–H and O–H groups in total. The molecule has 1 amide bonds. The number of carboxylic acids is 1. The Morgan fingerprint density at radius 2 is 1.89 bits per heavy atom. The summed E-state index contributed by atoms with van der Waals surface area (Å²) in [5, 5.41) is 11.7. The monoisotopic (exact) mass is 257 g/mol. The van der Waals surface area contributed by atoms with Gasteiger partial charge in [0.25, 0.3) is 0 Å². The highest BCUT2D eigenvalue weighted by Gasteiger charge is 2.24. The second-order valence-corrected chi connectivity index (χ2v) is 5.27. The summed E-state index contributed by atoms with van der Waals surface area (Å²) in [6.45, 7) is 8.34. The zero-order valence-electron chi connectivity index (χ0n) is 12.0. The average molecular weight is 257 g/mol. The Morgan fingerprint density at radius 3 is 2.33 bits per heavy atom. The van der Waals surface area contributed by atoms with Crippen LogP contribution in [0.1, 0.15) is 53.4 Å².